The Balaban J connectivity index is -0.000000230. The smallest absolute Gasteiger partial charge is 0.344 e. The lowest BCUT2D eigenvalue weighted by Gasteiger charge is -2.08. The number of aliphatic carboxylic acids is 3. The number of carbonyl (C=O) groups is 6. The Morgan fingerprint density at radius 2 is 0.762 bits per heavy atom. The first-order valence-corrected chi connectivity index (χ1v) is 12.3. The summed E-state index contributed by atoms with van der Waals surface area (Å²) in [7, 11) is 0. The predicted octanol–water partition coefficient (Wildman–Crippen LogP) is 1.10. The van der Waals surface area contributed by atoms with Gasteiger partial charge in [-0.15, -0.1) is 0 Å². The van der Waals surface area contributed by atoms with Gasteiger partial charge in [-0.3, -0.25) is 0 Å². The van der Waals surface area contributed by atoms with E-state index in [4.69, 9.17) is 30.6 Å². The average molecular weight is 609 g/mol. The van der Waals surface area contributed by atoms with E-state index in [0.29, 0.717) is 12.8 Å². The van der Waals surface area contributed by atoms with Gasteiger partial charge in [0, 0.05) is 36.5 Å². The van der Waals surface area contributed by atoms with Gasteiger partial charge < -0.3 is 44.8 Å². The van der Waals surface area contributed by atoms with Crippen molar-refractivity contribution in [2.45, 2.75) is 72.7 Å². The molecular weight excluding hydrogens is 564 g/mol. The van der Waals surface area contributed by atoms with E-state index in [0.717, 1.165) is 0 Å². The largest absolute Gasteiger partial charge is 0.479 e. The first kappa shape index (κ1) is 44.9. The summed E-state index contributed by atoms with van der Waals surface area (Å²) in [6.07, 6.45) is -2.17. The number of hydrogen-bond donors (Lipinski definition) is 6. The molecule has 0 amide bonds. The van der Waals surface area contributed by atoms with Crippen LogP contribution in [-0.2, 0) is 43.0 Å². The highest BCUT2D eigenvalue weighted by Gasteiger charge is 2.17. The third kappa shape index (κ3) is 27.5. The van der Waals surface area contributed by atoms with Crippen LogP contribution in [0, 0.1) is 5.92 Å². The summed E-state index contributed by atoms with van der Waals surface area (Å²) in [5, 5.41) is 50.3. The molecule has 0 aromatic heterocycles. The molecule has 0 aliphatic rings. The highest BCUT2D eigenvalue weighted by atomic mass is 16.6. The first-order valence-electron chi connectivity index (χ1n) is 12.3. The highest BCUT2D eigenvalue weighted by molar-refractivity contribution is 5.90. The molecule has 3 atom stereocenters. The highest BCUT2D eigenvalue weighted by Crippen LogP contribution is 2.05. The lowest BCUT2D eigenvalue weighted by atomic mass is 10.0. The monoisotopic (exact) mass is 608 g/mol. The maximum atomic E-state index is 10.7. The quantitative estimate of drug-likeness (QED) is 0.0917. The topological polar surface area (TPSA) is 251 Å². The van der Waals surface area contributed by atoms with Crippen molar-refractivity contribution in [2.75, 3.05) is 19.8 Å². The van der Waals surface area contributed by atoms with Crippen LogP contribution in [0.15, 0.2) is 36.5 Å². The molecule has 15 nitrogen and oxygen atoms in total. The Kier molecular flexibility index (Phi) is 27.7. The average Bonchev–Trinajstić information content (AvgIpc) is 2.88. The minimum absolute atomic E-state index is 0.0567. The molecule has 0 radical (unpaired) electrons. The van der Waals surface area contributed by atoms with Crippen LogP contribution < -0.4 is 0 Å². The maximum Gasteiger partial charge on any atom is 0.344 e. The van der Waals surface area contributed by atoms with Crippen LogP contribution in [0.4, 0.5) is 0 Å². The molecule has 0 aliphatic heterocycles. The van der Waals surface area contributed by atoms with Crippen molar-refractivity contribution in [3.8, 4) is 0 Å². The van der Waals surface area contributed by atoms with Crippen LogP contribution in [0.2, 0.25) is 0 Å². The van der Waals surface area contributed by atoms with Gasteiger partial charge in [-0.1, -0.05) is 19.7 Å². The summed E-state index contributed by atoms with van der Waals surface area (Å²) < 4.78 is 13.3. The number of carboxylic acids is 3. The Morgan fingerprint density at radius 3 is 0.881 bits per heavy atom. The van der Waals surface area contributed by atoms with Crippen LogP contribution in [0.25, 0.3) is 0 Å². The molecule has 6 N–H and O–H groups in total. The number of esters is 3. The van der Waals surface area contributed by atoms with Crippen LogP contribution >= 0.6 is 0 Å². The van der Waals surface area contributed by atoms with E-state index in [1.54, 1.807) is 0 Å². The third-order valence-corrected chi connectivity index (χ3v) is 4.27. The van der Waals surface area contributed by atoms with Crippen LogP contribution in [-0.4, -0.2) is 105 Å². The Bertz CT molecular complexity index is 812. The van der Waals surface area contributed by atoms with Crippen molar-refractivity contribution in [1.29, 1.82) is 0 Å². The molecule has 0 saturated carbocycles. The molecule has 0 fully saturated rings. The van der Waals surface area contributed by atoms with Gasteiger partial charge in [-0.05, 0) is 60.3 Å². The molecular formula is C27H44O15. The minimum atomic E-state index is -1.17. The molecule has 0 spiro atoms. The molecule has 15 heteroatoms. The molecule has 42 heavy (non-hydrogen) atoms. The lowest BCUT2D eigenvalue weighted by molar-refractivity contribution is -0.159. The van der Waals surface area contributed by atoms with E-state index in [2.05, 4.69) is 33.9 Å². The molecule has 0 aromatic rings. The third-order valence-electron chi connectivity index (χ3n) is 4.27. The lowest BCUT2D eigenvalue weighted by Crippen LogP contribution is -2.23. The molecule has 3 unspecified atom stereocenters. The second-order valence-corrected chi connectivity index (χ2v) is 8.57. The van der Waals surface area contributed by atoms with Crippen molar-refractivity contribution < 1.29 is 73.6 Å². The van der Waals surface area contributed by atoms with Crippen LogP contribution in [0.3, 0.4) is 0 Å². The van der Waals surface area contributed by atoms with Crippen molar-refractivity contribution in [1.82, 2.24) is 0 Å². The van der Waals surface area contributed by atoms with E-state index >= 15 is 0 Å². The van der Waals surface area contributed by atoms with Crippen molar-refractivity contribution in [2.24, 2.45) is 5.92 Å². The van der Waals surface area contributed by atoms with Gasteiger partial charge in [-0.2, -0.15) is 0 Å². The summed E-state index contributed by atoms with van der Waals surface area (Å²) in [6.45, 7) is 18.3. The van der Waals surface area contributed by atoms with E-state index in [9.17, 15) is 28.8 Å². The second-order valence-electron chi connectivity index (χ2n) is 8.57. The molecule has 0 aromatic carbocycles. The number of carboxylic acid groups (broad SMARTS) is 3. The molecule has 0 rings (SSSR count). The maximum absolute atomic E-state index is 10.7. The van der Waals surface area contributed by atoms with E-state index in [1.807, 2.05) is 0 Å². The minimum Gasteiger partial charge on any atom is -0.479 e. The Hall–Kier alpha value is -4.08. The summed E-state index contributed by atoms with van der Waals surface area (Å²) in [5.41, 5.74) is 0.578. The fraction of sp³-hybridized carbons (Fsp3) is 0.556. The van der Waals surface area contributed by atoms with Crippen molar-refractivity contribution in [3.05, 3.63) is 36.5 Å². The van der Waals surface area contributed by atoms with Gasteiger partial charge in [0.2, 0.25) is 0 Å². The van der Waals surface area contributed by atoms with Gasteiger partial charge in [0.05, 0.1) is 0 Å². The molecule has 242 valence electrons. The zero-order chi connectivity index (χ0) is 34.2. The number of aliphatic hydroxyl groups is 3. The van der Waals surface area contributed by atoms with Crippen molar-refractivity contribution >= 4 is 35.8 Å². The van der Waals surface area contributed by atoms with E-state index < -0.39 is 54.1 Å². The number of rotatable bonds is 14. The number of hydrogen-bond acceptors (Lipinski definition) is 12. The summed E-state index contributed by atoms with van der Waals surface area (Å²) >= 11 is 0. The Labute approximate surface area is 244 Å². The number of carbonyl (C=O) groups excluding carboxylic acids is 3. The van der Waals surface area contributed by atoms with Crippen LogP contribution in [0.1, 0.15) is 54.4 Å². The zero-order valence-electron chi connectivity index (χ0n) is 24.8. The molecule has 0 heterocycles. The number of ether oxygens (including phenoxy) is 3. The molecule has 0 saturated heterocycles. The fourth-order valence-corrected chi connectivity index (χ4v) is 1.63. The van der Waals surface area contributed by atoms with Gasteiger partial charge in [0.15, 0.2) is 18.3 Å². The van der Waals surface area contributed by atoms with Crippen molar-refractivity contribution in [3.63, 3.8) is 0 Å². The van der Waals surface area contributed by atoms with Gasteiger partial charge in [-0.25, -0.2) is 28.8 Å². The standard InChI is InChI=1S/3C7H10O4.C6H14O3/c3*1-4(2)7(10)11-5(3)6(8)9;7-3-1-6(5-9)2-4-8/h3*5H,1H2,2-3H3,(H,8,9);6-9H,1-5H2. The van der Waals surface area contributed by atoms with Gasteiger partial charge in [0.25, 0.3) is 0 Å². The van der Waals surface area contributed by atoms with E-state index in [1.165, 1.54) is 41.5 Å². The summed E-state index contributed by atoms with van der Waals surface area (Å²) in [4.78, 5) is 62.5. The SMILES string of the molecule is C=C(C)C(=O)OC(C)C(=O)O.C=C(C)C(=O)OC(C)C(=O)O.C=C(C)C(=O)OC(C)C(=O)O.OCCC(CO)CCO. The van der Waals surface area contributed by atoms with Gasteiger partial charge >= 0.3 is 35.8 Å². The molecule has 0 bridgehead atoms. The van der Waals surface area contributed by atoms with Crippen LogP contribution in [0.5, 0.6) is 0 Å². The Morgan fingerprint density at radius 1 is 0.548 bits per heavy atom. The molecule has 0 aliphatic carbocycles. The summed E-state index contributed by atoms with van der Waals surface area (Å²) in [6, 6.07) is 0. The zero-order valence-corrected chi connectivity index (χ0v) is 24.8. The second kappa shape index (κ2) is 25.9. The van der Waals surface area contributed by atoms with Gasteiger partial charge in [0.1, 0.15) is 0 Å². The summed E-state index contributed by atoms with van der Waals surface area (Å²) in [5.74, 6) is -5.47. The first-order chi connectivity index (χ1) is 19.2. The fourth-order valence-electron chi connectivity index (χ4n) is 1.63. The number of aliphatic hydroxyl groups excluding tert-OH is 3. The predicted molar refractivity (Wildman–Crippen MR) is 148 cm³/mol. The van der Waals surface area contributed by atoms with E-state index in [-0.39, 0.29) is 42.5 Å². The normalized spacial score (nSPS) is 11.6.